The highest BCUT2D eigenvalue weighted by Gasteiger charge is 2.40. The van der Waals surface area contributed by atoms with Gasteiger partial charge in [0.1, 0.15) is 0 Å². The van der Waals surface area contributed by atoms with Crippen LogP contribution in [0.15, 0.2) is 29.2 Å². The molecule has 2 heterocycles. The quantitative estimate of drug-likeness (QED) is 0.709. The molecule has 3 fully saturated rings. The maximum absolute atomic E-state index is 12.7. The van der Waals surface area contributed by atoms with E-state index in [0.717, 1.165) is 25.7 Å². The highest BCUT2D eigenvalue weighted by molar-refractivity contribution is 7.89. The number of nitrogens with zero attached hydrogens (tertiary/aromatic N) is 1. The number of amides is 2. The number of sulfonamides is 1. The molecule has 2 N–H and O–H groups in total. The highest BCUT2D eigenvalue weighted by Crippen LogP contribution is 2.37. The van der Waals surface area contributed by atoms with Crippen LogP contribution in [0, 0.1) is 11.8 Å². The standard InChI is InChI=1S/C22H31N3O5S/c1-2-15-13-21(26)24-20-14-17(5-8-19(15)20)23-22(27)16-3-6-18(7-4-16)31(28,29)25-9-11-30-12-10-25/h3-4,6-7,15,17,19-20H,2,5,8-14H2,1H3,(H,23,27)(H,24,26). The number of benzene rings is 1. The molecular weight excluding hydrogens is 418 g/mol. The van der Waals surface area contributed by atoms with Crippen LogP contribution in [0.1, 0.15) is 49.4 Å². The first-order valence-electron chi connectivity index (χ1n) is 11.2. The Hall–Kier alpha value is -1.97. The second-order valence-electron chi connectivity index (χ2n) is 8.73. The summed E-state index contributed by atoms with van der Waals surface area (Å²) in [6.45, 7) is 3.59. The molecule has 1 aliphatic carbocycles. The van der Waals surface area contributed by atoms with Crippen molar-refractivity contribution in [1.82, 2.24) is 14.9 Å². The van der Waals surface area contributed by atoms with Crippen LogP contribution in [-0.2, 0) is 19.6 Å². The van der Waals surface area contributed by atoms with Gasteiger partial charge in [-0.05, 0) is 55.4 Å². The van der Waals surface area contributed by atoms with Crippen molar-refractivity contribution in [1.29, 1.82) is 0 Å². The van der Waals surface area contributed by atoms with Gasteiger partial charge in [0.05, 0.1) is 18.1 Å². The summed E-state index contributed by atoms with van der Waals surface area (Å²) in [6.07, 6.45) is 4.23. The monoisotopic (exact) mass is 449 g/mol. The molecule has 1 aromatic carbocycles. The molecule has 0 radical (unpaired) electrons. The van der Waals surface area contributed by atoms with Gasteiger partial charge in [-0.2, -0.15) is 4.31 Å². The van der Waals surface area contributed by atoms with Gasteiger partial charge in [0.15, 0.2) is 0 Å². The summed E-state index contributed by atoms with van der Waals surface area (Å²) in [4.78, 5) is 24.9. The molecule has 2 saturated heterocycles. The number of carbonyl (C=O) groups excluding carboxylic acids is 2. The maximum Gasteiger partial charge on any atom is 0.251 e. The fraction of sp³-hybridized carbons (Fsp3) is 0.636. The number of piperidine rings is 1. The van der Waals surface area contributed by atoms with Gasteiger partial charge in [-0.25, -0.2) is 8.42 Å². The van der Waals surface area contributed by atoms with E-state index < -0.39 is 10.0 Å². The van der Waals surface area contributed by atoms with Crippen molar-refractivity contribution in [2.75, 3.05) is 26.3 Å². The average Bonchev–Trinajstić information content (AvgIpc) is 2.79. The van der Waals surface area contributed by atoms with E-state index in [1.807, 2.05) is 0 Å². The predicted molar refractivity (Wildman–Crippen MR) is 115 cm³/mol. The van der Waals surface area contributed by atoms with E-state index in [0.29, 0.717) is 50.1 Å². The summed E-state index contributed by atoms with van der Waals surface area (Å²) in [6, 6.07) is 6.22. The number of fused-ring (bicyclic) bond motifs is 1. The third-order valence-corrected chi connectivity index (χ3v) is 8.80. The molecule has 31 heavy (non-hydrogen) atoms. The zero-order chi connectivity index (χ0) is 22.0. The third kappa shape index (κ3) is 4.78. The Labute approximate surface area is 183 Å². The van der Waals surface area contributed by atoms with Crippen molar-refractivity contribution in [2.45, 2.75) is 56.0 Å². The largest absolute Gasteiger partial charge is 0.379 e. The van der Waals surface area contributed by atoms with E-state index >= 15 is 0 Å². The lowest BCUT2D eigenvalue weighted by Crippen LogP contribution is -2.55. The number of ether oxygens (including phenoxy) is 1. The molecule has 1 aromatic rings. The first kappa shape index (κ1) is 22.2. The third-order valence-electron chi connectivity index (χ3n) is 6.89. The molecule has 170 valence electrons. The van der Waals surface area contributed by atoms with Crippen molar-refractivity contribution in [2.24, 2.45) is 11.8 Å². The van der Waals surface area contributed by atoms with Gasteiger partial charge >= 0.3 is 0 Å². The molecule has 8 nitrogen and oxygen atoms in total. The lowest BCUT2D eigenvalue weighted by atomic mass is 9.70. The van der Waals surface area contributed by atoms with Gasteiger partial charge in [0.25, 0.3) is 5.91 Å². The molecule has 4 rings (SSSR count). The normalized spacial score (nSPS) is 29.6. The van der Waals surface area contributed by atoms with Crippen molar-refractivity contribution in [3.8, 4) is 0 Å². The molecule has 9 heteroatoms. The molecule has 3 aliphatic rings. The Morgan fingerprint density at radius 2 is 1.90 bits per heavy atom. The van der Waals surface area contributed by atoms with E-state index in [1.165, 1.54) is 16.4 Å². The van der Waals surface area contributed by atoms with E-state index in [1.54, 1.807) is 12.1 Å². The van der Waals surface area contributed by atoms with E-state index in [-0.39, 0.29) is 28.8 Å². The van der Waals surface area contributed by atoms with Crippen molar-refractivity contribution < 1.29 is 22.7 Å². The van der Waals surface area contributed by atoms with Crippen LogP contribution in [0.4, 0.5) is 0 Å². The molecule has 4 atom stereocenters. The fourth-order valence-corrected chi connectivity index (χ4v) is 6.55. The topological polar surface area (TPSA) is 105 Å². The number of rotatable bonds is 5. The summed E-state index contributed by atoms with van der Waals surface area (Å²) >= 11 is 0. The van der Waals surface area contributed by atoms with E-state index in [2.05, 4.69) is 17.6 Å². The Kier molecular flexibility index (Phi) is 6.64. The fourth-order valence-electron chi connectivity index (χ4n) is 5.14. The molecule has 0 aromatic heterocycles. The van der Waals surface area contributed by atoms with Crippen molar-refractivity contribution in [3.05, 3.63) is 29.8 Å². The van der Waals surface area contributed by atoms with Gasteiger partial charge in [-0.1, -0.05) is 13.3 Å². The Morgan fingerprint density at radius 3 is 2.58 bits per heavy atom. The number of hydrogen-bond acceptors (Lipinski definition) is 5. The van der Waals surface area contributed by atoms with Crippen LogP contribution in [0.3, 0.4) is 0 Å². The molecule has 1 saturated carbocycles. The van der Waals surface area contributed by atoms with E-state index in [9.17, 15) is 18.0 Å². The van der Waals surface area contributed by atoms with E-state index in [4.69, 9.17) is 4.74 Å². The van der Waals surface area contributed by atoms with Crippen LogP contribution >= 0.6 is 0 Å². The number of morpholine rings is 1. The second-order valence-corrected chi connectivity index (χ2v) is 10.7. The summed E-state index contributed by atoms with van der Waals surface area (Å²) in [5.74, 6) is 0.807. The van der Waals surface area contributed by atoms with Gasteiger partial charge in [0.2, 0.25) is 15.9 Å². The molecular formula is C22H31N3O5S. The first-order chi connectivity index (χ1) is 14.9. The van der Waals surface area contributed by atoms with Gasteiger partial charge in [-0.3, -0.25) is 9.59 Å². The SMILES string of the molecule is CCC1CC(=O)NC2CC(NC(=O)c3ccc(S(=O)(=O)N4CCOCC4)cc3)CCC12. The predicted octanol–water partition coefficient (Wildman–Crippen LogP) is 1.52. The minimum atomic E-state index is -3.58. The van der Waals surface area contributed by atoms with Crippen LogP contribution in [0.2, 0.25) is 0 Å². The number of carbonyl (C=O) groups is 2. The summed E-state index contributed by atoms with van der Waals surface area (Å²) in [5.41, 5.74) is 0.433. The second kappa shape index (κ2) is 9.26. The van der Waals surface area contributed by atoms with Crippen LogP contribution in [0.25, 0.3) is 0 Å². The van der Waals surface area contributed by atoms with Crippen LogP contribution in [-0.4, -0.2) is 62.9 Å². The van der Waals surface area contributed by atoms with Gasteiger partial charge < -0.3 is 15.4 Å². The van der Waals surface area contributed by atoms with Crippen LogP contribution in [0.5, 0.6) is 0 Å². The number of hydrogen-bond donors (Lipinski definition) is 2. The Bertz CT molecular complexity index is 912. The number of nitrogens with one attached hydrogen (secondary N) is 2. The Balaban J connectivity index is 1.37. The smallest absolute Gasteiger partial charge is 0.251 e. The Morgan fingerprint density at radius 1 is 1.19 bits per heavy atom. The lowest BCUT2D eigenvalue weighted by Gasteiger charge is -2.44. The zero-order valence-corrected chi connectivity index (χ0v) is 18.7. The molecule has 2 amide bonds. The van der Waals surface area contributed by atoms with Gasteiger partial charge in [0, 0.05) is 37.2 Å². The van der Waals surface area contributed by atoms with Crippen molar-refractivity contribution in [3.63, 3.8) is 0 Å². The molecule has 2 aliphatic heterocycles. The highest BCUT2D eigenvalue weighted by atomic mass is 32.2. The molecule has 4 unspecified atom stereocenters. The average molecular weight is 450 g/mol. The molecule has 0 bridgehead atoms. The van der Waals surface area contributed by atoms with Crippen molar-refractivity contribution >= 4 is 21.8 Å². The summed E-state index contributed by atoms with van der Waals surface area (Å²) < 4.78 is 32.1. The maximum atomic E-state index is 12.7. The van der Waals surface area contributed by atoms with Gasteiger partial charge in [-0.15, -0.1) is 0 Å². The first-order valence-corrected chi connectivity index (χ1v) is 12.6. The van der Waals surface area contributed by atoms with Crippen LogP contribution < -0.4 is 10.6 Å². The minimum absolute atomic E-state index is 0.00131. The summed E-state index contributed by atoms with van der Waals surface area (Å²) in [7, 11) is -3.58. The lowest BCUT2D eigenvalue weighted by molar-refractivity contribution is -0.127. The zero-order valence-electron chi connectivity index (χ0n) is 17.9. The molecule has 0 spiro atoms. The summed E-state index contributed by atoms with van der Waals surface area (Å²) in [5, 5.41) is 6.18. The minimum Gasteiger partial charge on any atom is -0.379 e.